The zero-order valence-electron chi connectivity index (χ0n) is 17.6. The number of hydrogen-bond acceptors (Lipinski definition) is 5. The van der Waals surface area contributed by atoms with Crippen LogP contribution in [0.1, 0.15) is 50.7 Å². The molecule has 30 heavy (non-hydrogen) atoms. The Morgan fingerprint density at radius 2 is 1.70 bits per heavy atom. The SMILES string of the molecule is COC1=C2C(=O)N(c3c(C(C)C)cccc3C(C)C)C(=O)C2=CC(=C=S)C1C(N)=O. The van der Waals surface area contributed by atoms with Crippen LogP contribution in [0.4, 0.5) is 5.69 Å². The minimum absolute atomic E-state index is 0.0290. The fraction of sp³-hybridized carbons (Fsp3) is 0.348. The fourth-order valence-corrected chi connectivity index (χ4v) is 4.18. The number of methoxy groups -OCH3 is 1. The third-order valence-electron chi connectivity index (χ3n) is 5.43. The van der Waals surface area contributed by atoms with Crippen LogP contribution in [-0.2, 0) is 19.1 Å². The predicted molar refractivity (Wildman–Crippen MR) is 118 cm³/mol. The number of benzene rings is 1. The molecular formula is C23H24N2O4S. The zero-order valence-corrected chi connectivity index (χ0v) is 18.4. The molecule has 156 valence electrons. The summed E-state index contributed by atoms with van der Waals surface area (Å²) < 4.78 is 5.40. The van der Waals surface area contributed by atoms with Gasteiger partial charge >= 0.3 is 0 Å². The van der Waals surface area contributed by atoms with Gasteiger partial charge in [-0.3, -0.25) is 14.4 Å². The molecular weight excluding hydrogens is 400 g/mol. The summed E-state index contributed by atoms with van der Waals surface area (Å²) in [4.78, 5) is 40.3. The molecule has 1 fully saturated rings. The lowest BCUT2D eigenvalue weighted by atomic mass is 9.85. The monoisotopic (exact) mass is 424 g/mol. The van der Waals surface area contributed by atoms with E-state index in [0.29, 0.717) is 5.69 Å². The first-order chi connectivity index (χ1) is 14.1. The number of fused-ring (bicyclic) bond motifs is 1. The second-order valence-corrected chi connectivity index (χ2v) is 8.14. The summed E-state index contributed by atoms with van der Waals surface area (Å²) in [5, 5.41) is 2.49. The first-order valence-corrected chi connectivity index (χ1v) is 10.1. The van der Waals surface area contributed by atoms with E-state index in [1.165, 1.54) is 18.1 Å². The Balaban J connectivity index is 2.33. The predicted octanol–water partition coefficient (Wildman–Crippen LogP) is 3.27. The van der Waals surface area contributed by atoms with E-state index in [9.17, 15) is 14.4 Å². The maximum atomic E-state index is 13.6. The lowest BCUT2D eigenvalue weighted by Crippen LogP contribution is -2.32. The largest absolute Gasteiger partial charge is 0.499 e. The van der Waals surface area contributed by atoms with E-state index in [2.05, 4.69) is 5.02 Å². The lowest BCUT2D eigenvalue weighted by Gasteiger charge is -2.25. The number of nitrogens with zero attached hydrogens (tertiary/aromatic N) is 1. The highest BCUT2D eigenvalue weighted by Gasteiger charge is 2.48. The third-order valence-corrected chi connectivity index (χ3v) is 5.66. The summed E-state index contributed by atoms with van der Waals surface area (Å²) >= 11 is 4.90. The van der Waals surface area contributed by atoms with Gasteiger partial charge in [0.25, 0.3) is 11.8 Å². The van der Waals surface area contributed by atoms with Gasteiger partial charge in [0.05, 0.1) is 23.9 Å². The molecule has 1 aromatic carbocycles. The van der Waals surface area contributed by atoms with Gasteiger partial charge in [0.15, 0.2) is 0 Å². The van der Waals surface area contributed by atoms with Gasteiger partial charge < -0.3 is 10.5 Å². The van der Waals surface area contributed by atoms with Crippen molar-refractivity contribution in [3.05, 3.63) is 57.9 Å². The number of ether oxygens (including phenoxy) is 1. The maximum Gasteiger partial charge on any atom is 0.269 e. The normalized spacial score (nSPS) is 18.8. The van der Waals surface area contributed by atoms with Crippen molar-refractivity contribution in [1.29, 1.82) is 0 Å². The minimum atomic E-state index is -1.06. The van der Waals surface area contributed by atoms with Crippen LogP contribution in [0.2, 0.25) is 0 Å². The number of rotatable bonds is 5. The van der Waals surface area contributed by atoms with Gasteiger partial charge in [0.2, 0.25) is 5.91 Å². The summed E-state index contributed by atoms with van der Waals surface area (Å²) in [5.74, 6) is -2.61. The molecule has 0 bridgehead atoms. The maximum absolute atomic E-state index is 13.6. The van der Waals surface area contributed by atoms with Crippen molar-refractivity contribution in [3.63, 3.8) is 0 Å². The van der Waals surface area contributed by atoms with E-state index < -0.39 is 23.6 Å². The van der Waals surface area contributed by atoms with Crippen LogP contribution in [0.25, 0.3) is 0 Å². The Kier molecular flexibility index (Phi) is 5.79. The van der Waals surface area contributed by atoms with Crippen molar-refractivity contribution in [2.24, 2.45) is 11.7 Å². The van der Waals surface area contributed by atoms with Crippen LogP contribution in [-0.4, -0.2) is 29.9 Å². The van der Waals surface area contributed by atoms with Crippen LogP contribution in [0.15, 0.2) is 46.8 Å². The first kappa shape index (κ1) is 21.7. The van der Waals surface area contributed by atoms with Crippen LogP contribution in [0.3, 0.4) is 0 Å². The van der Waals surface area contributed by atoms with Crippen molar-refractivity contribution in [1.82, 2.24) is 0 Å². The standard InChI is InChI=1S/C23H24N2O4S/c1-11(2)14-7-6-8-15(12(3)4)19(14)25-22(27)16-9-13(10-30)17(21(24)26)20(29-5)18(16)23(25)28/h6-9,11-12,17H,1-5H3,(H2,24,26). The van der Waals surface area contributed by atoms with E-state index >= 15 is 0 Å². The molecule has 2 N–H and O–H groups in total. The molecule has 0 aromatic heterocycles. The Bertz CT molecular complexity index is 1050. The van der Waals surface area contributed by atoms with E-state index in [1.807, 2.05) is 45.9 Å². The van der Waals surface area contributed by atoms with Crippen LogP contribution in [0, 0.1) is 5.92 Å². The molecule has 0 saturated carbocycles. The van der Waals surface area contributed by atoms with Crippen molar-refractivity contribution >= 4 is 40.6 Å². The zero-order chi connectivity index (χ0) is 22.3. The van der Waals surface area contributed by atoms with Gasteiger partial charge in [-0.25, -0.2) is 4.90 Å². The fourth-order valence-electron chi connectivity index (χ4n) is 4.01. The molecule has 1 atom stereocenters. The van der Waals surface area contributed by atoms with Gasteiger partial charge in [-0.15, -0.1) is 0 Å². The molecule has 2 aliphatic rings. The number of carbonyl (C=O) groups excluding carboxylic acids is 3. The smallest absolute Gasteiger partial charge is 0.269 e. The average Bonchev–Trinajstić information content (AvgIpc) is 2.95. The van der Waals surface area contributed by atoms with Gasteiger partial charge in [0.1, 0.15) is 11.7 Å². The molecule has 3 rings (SSSR count). The number of carbonyl (C=O) groups is 3. The summed E-state index contributed by atoms with van der Waals surface area (Å²) in [7, 11) is 1.34. The molecule has 3 amide bonds. The summed E-state index contributed by atoms with van der Waals surface area (Å²) in [5.41, 5.74) is 8.31. The lowest BCUT2D eigenvalue weighted by molar-refractivity contribution is -0.121. The number of thiocarbonyl (C=S) groups is 1. The molecule has 7 heteroatoms. The summed E-state index contributed by atoms with van der Waals surface area (Å²) in [6.07, 6.45) is 1.42. The van der Waals surface area contributed by atoms with Gasteiger partial charge in [-0.1, -0.05) is 45.9 Å². The number of imide groups is 1. The van der Waals surface area contributed by atoms with E-state index in [-0.39, 0.29) is 34.3 Å². The van der Waals surface area contributed by atoms with Crippen LogP contribution in [0.5, 0.6) is 0 Å². The number of primary amides is 1. The summed E-state index contributed by atoms with van der Waals surface area (Å²) in [6, 6.07) is 5.77. The third kappa shape index (κ3) is 3.20. The van der Waals surface area contributed by atoms with Crippen molar-refractivity contribution < 1.29 is 19.1 Å². The molecule has 1 saturated heterocycles. The molecule has 1 aliphatic heterocycles. The van der Waals surface area contributed by atoms with Crippen molar-refractivity contribution in [2.45, 2.75) is 39.5 Å². The number of para-hydroxylation sites is 1. The van der Waals surface area contributed by atoms with Crippen LogP contribution >= 0.6 is 12.2 Å². The Hall–Kier alpha value is -3.02. The first-order valence-electron chi connectivity index (χ1n) is 9.71. The minimum Gasteiger partial charge on any atom is -0.499 e. The highest BCUT2D eigenvalue weighted by Crippen LogP contribution is 2.44. The number of hydrogen-bond donors (Lipinski definition) is 1. The molecule has 1 aliphatic carbocycles. The second-order valence-electron chi connectivity index (χ2n) is 7.93. The van der Waals surface area contributed by atoms with Crippen molar-refractivity contribution in [3.8, 4) is 0 Å². The van der Waals surface area contributed by atoms with Gasteiger partial charge in [-0.2, -0.15) is 0 Å². The quantitative estimate of drug-likeness (QED) is 0.579. The van der Waals surface area contributed by atoms with Crippen LogP contribution < -0.4 is 10.6 Å². The molecule has 1 unspecified atom stereocenters. The molecule has 0 spiro atoms. The highest BCUT2D eigenvalue weighted by molar-refractivity contribution is 7.78. The molecule has 1 heterocycles. The summed E-state index contributed by atoms with van der Waals surface area (Å²) in [6.45, 7) is 8.04. The second kappa shape index (κ2) is 8.01. The van der Waals surface area contributed by atoms with Gasteiger partial charge in [-0.05, 0) is 46.3 Å². The Morgan fingerprint density at radius 1 is 1.13 bits per heavy atom. The molecule has 1 aromatic rings. The van der Waals surface area contributed by atoms with E-state index in [0.717, 1.165) is 11.1 Å². The topological polar surface area (TPSA) is 89.7 Å². The number of allylic oxidation sites excluding steroid dienone is 1. The Labute approximate surface area is 181 Å². The molecule has 6 nitrogen and oxygen atoms in total. The Morgan fingerprint density at radius 3 is 2.13 bits per heavy atom. The van der Waals surface area contributed by atoms with E-state index in [4.69, 9.17) is 22.7 Å². The average molecular weight is 425 g/mol. The number of anilines is 1. The van der Waals surface area contributed by atoms with Crippen molar-refractivity contribution in [2.75, 3.05) is 12.0 Å². The van der Waals surface area contributed by atoms with E-state index in [1.54, 1.807) is 0 Å². The number of amides is 3. The highest BCUT2D eigenvalue weighted by atomic mass is 32.1. The molecule has 0 radical (unpaired) electrons. The van der Waals surface area contributed by atoms with Gasteiger partial charge in [0, 0.05) is 5.57 Å². The number of nitrogens with two attached hydrogens (primary N) is 1.